The minimum Gasteiger partial charge on any atom is -0.207 e. The Hall–Kier alpha value is 0.460. The smallest absolute Gasteiger partial charge is 0.207 e. The Labute approximate surface area is 98.6 Å². The van der Waals surface area contributed by atoms with E-state index in [-0.39, 0.29) is 34.5 Å². The molecule has 0 aliphatic heterocycles. The van der Waals surface area contributed by atoms with E-state index in [1.807, 2.05) is 6.92 Å². The van der Waals surface area contributed by atoms with E-state index in [0.717, 1.165) is 5.56 Å². The predicted molar refractivity (Wildman–Crippen MR) is 50.0 cm³/mol. The van der Waals surface area contributed by atoms with E-state index in [9.17, 15) is 8.42 Å². The van der Waals surface area contributed by atoms with Crippen molar-refractivity contribution in [3.63, 3.8) is 0 Å². The average molecular weight is 214 g/mol. The summed E-state index contributed by atoms with van der Waals surface area (Å²) in [6.07, 6.45) is 0. The number of rotatable bonds is 1. The van der Waals surface area contributed by atoms with Crippen molar-refractivity contribution >= 4 is 49.3 Å². The molecule has 0 saturated heterocycles. The molecule has 0 aliphatic carbocycles. The van der Waals surface area contributed by atoms with Crippen LogP contribution in [0.3, 0.4) is 0 Å². The zero-order valence-corrected chi connectivity index (χ0v) is 10.5. The van der Waals surface area contributed by atoms with Gasteiger partial charge in [-0.2, -0.15) is 0 Å². The Morgan fingerprint density at radius 2 is 1.58 bits per heavy atom. The maximum atomic E-state index is 10.7. The standard InChI is InChI=1S/C7H7ClO2S.Na/c1-6-2-4-7(5-3-6)11(8,9)10;/h2-5H,1H3;. The van der Waals surface area contributed by atoms with Gasteiger partial charge in [0.05, 0.1) is 4.90 Å². The van der Waals surface area contributed by atoms with Crippen LogP contribution in [0.1, 0.15) is 5.56 Å². The Balaban J connectivity index is 0.00000121. The molecule has 0 aromatic heterocycles. The van der Waals surface area contributed by atoms with Crippen LogP contribution < -0.4 is 0 Å². The SMILES string of the molecule is Cc1ccc(S(=O)(=O)Cl)cc1.[Na]. The molecule has 0 atom stereocenters. The first kappa shape index (κ1) is 12.5. The fraction of sp³-hybridized carbons (Fsp3) is 0.143. The molecule has 0 spiro atoms. The van der Waals surface area contributed by atoms with E-state index in [1.165, 1.54) is 12.1 Å². The second kappa shape index (κ2) is 4.63. The van der Waals surface area contributed by atoms with E-state index in [0.29, 0.717) is 0 Å². The average Bonchev–Trinajstić information content (AvgIpc) is 1.86. The molecule has 0 aliphatic rings. The molecule has 1 radical (unpaired) electrons. The molecule has 0 unspecified atom stereocenters. The number of benzene rings is 1. The molecular weight excluding hydrogens is 207 g/mol. The first-order valence-corrected chi connectivity index (χ1v) is 5.32. The van der Waals surface area contributed by atoms with Crippen LogP contribution in [0.4, 0.5) is 0 Å². The van der Waals surface area contributed by atoms with E-state index in [2.05, 4.69) is 0 Å². The van der Waals surface area contributed by atoms with Gasteiger partial charge in [0.1, 0.15) is 0 Å². The van der Waals surface area contributed by atoms with Gasteiger partial charge in [0, 0.05) is 40.2 Å². The fourth-order valence-corrected chi connectivity index (χ4v) is 1.47. The van der Waals surface area contributed by atoms with Crippen molar-refractivity contribution in [3.8, 4) is 0 Å². The van der Waals surface area contributed by atoms with Crippen molar-refractivity contribution in [3.05, 3.63) is 29.8 Å². The van der Waals surface area contributed by atoms with Crippen molar-refractivity contribution in [2.45, 2.75) is 11.8 Å². The van der Waals surface area contributed by atoms with Gasteiger partial charge in [-0.1, -0.05) is 17.7 Å². The monoisotopic (exact) mass is 213 g/mol. The number of aryl methyl sites for hydroxylation is 1. The summed E-state index contributed by atoms with van der Waals surface area (Å²) in [4.78, 5) is 0.143. The van der Waals surface area contributed by atoms with Gasteiger partial charge in [-0.3, -0.25) is 0 Å². The summed E-state index contributed by atoms with van der Waals surface area (Å²) in [5.41, 5.74) is 1.01. The number of halogens is 1. The topological polar surface area (TPSA) is 34.1 Å². The van der Waals surface area contributed by atoms with Crippen LogP contribution in [-0.2, 0) is 9.05 Å². The summed E-state index contributed by atoms with van der Waals surface area (Å²) in [5, 5.41) is 0. The summed E-state index contributed by atoms with van der Waals surface area (Å²) in [5.74, 6) is 0. The molecule has 2 nitrogen and oxygen atoms in total. The molecule has 61 valence electrons. The number of hydrogen-bond acceptors (Lipinski definition) is 2. The molecular formula is C7H7ClNaO2S. The van der Waals surface area contributed by atoms with Crippen LogP contribution >= 0.6 is 10.7 Å². The molecule has 1 aromatic rings. The second-order valence-corrected chi connectivity index (χ2v) is 4.82. The van der Waals surface area contributed by atoms with Crippen LogP contribution in [0, 0.1) is 6.92 Å². The van der Waals surface area contributed by atoms with Gasteiger partial charge in [-0.15, -0.1) is 0 Å². The van der Waals surface area contributed by atoms with Gasteiger partial charge in [-0.25, -0.2) is 8.42 Å². The Morgan fingerprint density at radius 1 is 1.17 bits per heavy atom. The van der Waals surface area contributed by atoms with Gasteiger partial charge >= 0.3 is 0 Å². The first-order valence-electron chi connectivity index (χ1n) is 3.01. The van der Waals surface area contributed by atoms with Gasteiger partial charge in [-0.05, 0) is 19.1 Å². The minimum atomic E-state index is -3.55. The first-order chi connectivity index (χ1) is 5.00. The largest absolute Gasteiger partial charge is 0.261 e. The van der Waals surface area contributed by atoms with Crippen LogP contribution in [0.2, 0.25) is 0 Å². The predicted octanol–water partition coefficient (Wildman–Crippen LogP) is 1.54. The quantitative estimate of drug-likeness (QED) is 0.524. The number of hydrogen-bond donors (Lipinski definition) is 0. The molecule has 5 heteroatoms. The van der Waals surface area contributed by atoms with Gasteiger partial charge < -0.3 is 0 Å². The van der Waals surface area contributed by atoms with Crippen LogP contribution in [0.5, 0.6) is 0 Å². The third-order valence-electron chi connectivity index (χ3n) is 1.30. The van der Waals surface area contributed by atoms with Gasteiger partial charge in [0.25, 0.3) is 9.05 Å². The Morgan fingerprint density at radius 3 is 1.92 bits per heavy atom. The third-order valence-corrected chi connectivity index (χ3v) is 2.67. The summed E-state index contributed by atoms with van der Waals surface area (Å²) in [6.45, 7) is 1.88. The third kappa shape index (κ3) is 3.46. The molecule has 0 N–H and O–H groups in total. The normalized spacial score (nSPS) is 10.5. The fourth-order valence-electron chi connectivity index (χ4n) is 0.701. The van der Waals surface area contributed by atoms with E-state index in [4.69, 9.17) is 10.7 Å². The van der Waals surface area contributed by atoms with Crippen LogP contribution in [0.25, 0.3) is 0 Å². The molecule has 0 heterocycles. The molecule has 1 rings (SSSR count). The van der Waals surface area contributed by atoms with Crippen molar-refractivity contribution in [2.75, 3.05) is 0 Å². The molecule has 0 fully saturated rings. The van der Waals surface area contributed by atoms with Crippen LogP contribution in [0.15, 0.2) is 29.2 Å². The van der Waals surface area contributed by atoms with E-state index < -0.39 is 9.05 Å². The molecule has 12 heavy (non-hydrogen) atoms. The van der Waals surface area contributed by atoms with Crippen molar-refractivity contribution in [1.82, 2.24) is 0 Å². The van der Waals surface area contributed by atoms with Crippen LogP contribution in [-0.4, -0.2) is 38.0 Å². The van der Waals surface area contributed by atoms with Crippen molar-refractivity contribution in [1.29, 1.82) is 0 Å². The van der Waals surface area contributed by atoms with E-state index >= 15 is 0 Å². The maximum Gasteiger partial charge on any atom is 0.261 e. The molecule has 0 saturated carbocycles. The maximum absolute atomic E-state index is 10.7. The second-order valence-electron chi connectivity index (χ2n) is 2.25. The molecule has 0 bridgehead atoms. The van der Waals surface area contributed by atoms with Gasteiger partial charge in [0.2, 0.25) is 0 Å². The molecule has 0 amide bonds. The minimum absolute atomic E-state index is 0. The zero-order chi connectivity index (χ0) is 8.48. The summed E-state index contributed by atoms with van der Waals surface area (Å²) in [6, 6.07) is 6.37. The summed E-state index contributed by atoms with van der Waals surface area (Å²) < 4.78 is 21.4. The zero-order valence-electron chi connectivity index (χ0n) is 6.91. The van der Waals surface area contributed by atoms with Gasteiger partial charge in [0.15, 0.2) is 0 Å². The van der Waals surface area contributed by atoms with Crippen molar-refractivity contribution in [2.24, 2.45) is 0 Å². The summed E-state index contributed by atoms with van der Waals surface area (Å²) >= 11 is 0. The summed E-state index contributed by atoms with van der Waals surface area (Å²) in [7, 11) is 1.54. The van der Waals surface area contributed by atoms with E-state index in [1.54, 1.807) is 12.1 Å². The van der Waals surface area contributed by atoms with Crippen molar-refractivity contribution < 1.29 is 8.42 Å². The Bertz CT molecular complexity index is 344. The Kier molecular flexibility index (Phi) is 4.81. The molecule has 1 aromatic carbocycles.